The number of carbonyl (C=O) groups is 2. The van der Waals surface area contributed by atoms with Gasteiger partial charge in [0.15, 0.2) is 5.78 Å². The average molecular weight is 257 g/mol. The third-order valence-electron chi connectivity index (χ3n) is 2.27. The molecular formula is C11H6F3NO3. The Morgan fingerprint density at radius 3 is 2.72 bits per heavy atom. The second-order valence-electron chi connectivity index (χ2n) is 3.55. The molecule has 1 aromatic rings. The number of carbonyl (C=O) groups excluding carboxylic acids is 2. The molecule has 1 aromatic heterocycles. The van der Waals surface area contributed by atoms with Crippen molar-refractivity contribution in [2.75, 3.05) is 0 Å². The number of fused-ring (bicyclic) bond motifs is 1. The lowest BCUT2D eigenvalue weighted by Gasteiger charge is -2.13. The fourth-order valence-corrected chi connectivity index (χ4v) is 1.47. The summed E-state index contributed by atoms with van der Waals surface area (Å²) >= 11 is 0. The number of hydrogen-bond acceptors (Lipinski definition) is 4. The maximum atomic E-state index is 12.1. The van der Waals surface area contributed by atoms with Gasteiger partial charge in [0.2, 0.25) is 5.88 Å². The van der Waals surface area contributed by atoms with Crippen molar-refractivity contribution >= 4 is 17.8 Å². The Hall–Kier alpha value is -2.18. The number of hydrogen-bond donors (Lipinski definition) is 0. The van der Waals surface area contributed by atoms with Gasteiger partial charge in [-0.05, 0) is 17.7 Å². The van der Waals surface area contributed by atoms with Crippen LogP contribution in [-0.2, 0) is 16.0 Å². The molecule has 7 heteroatoms. The highest BCUT2D eigenvalue weighted by Crippen LogP contribution is 2.27. The third kappa shape index (κ3) is 2.39. The number of ketones is 1. The van der Waals surface area contributed by atoms with E-state index < -0.39 is 18.0 Å². The molecule has 0 saturated carbocycles. The smallest absolute Gasteiger partial charge is 0.400 e. The Kier molecular flexibility index (Phi) is 2.90. The zero-order valence-electron chi connectivity index (χ0n) is 8.82. The number of nitrogens with zero attached hydrogens (tertiary/aromatic N) is 1. The molecule has 94 valence electrons. The minimum Gasteiger partial charge on any atom is -0.400 e. The first-order chi connectivity index (χ1) is 8.38. The van der Waals surface area contributed by atoms with Crippen molar-refractivity contribution in [1.82, 2.24) is 4.98 Å². The first kappa shape index (κ1) is 12.3. The van der Waals surface area contributed by atoms with E-state index in [2.05, 4.69) is 9.72 Å². The fourth-order valence-electron chi connectivity index (χ4n) is 1.47. The number of aromatic nitrogens is 1. The molecule has 18 heavy (non-hydrogen) atoms. The van der Waals surface area contributed by atoms with Gasteiger partial charge in [0.05, 0.1) is 0 Å². The molecule has 0 amide bonds. The number of rotatable bonds is 1. The highest BCUT2D eigenvalue weighted by Gasteiger charge is 2.42. The lowest BCUT2D eigenvalue weighted by molar-refractivity contribution is -0.190. The molecule has 0 N–H and O–H groups in total. The molecule has 0 spiro atoms. The van der Waals surface area contributed by atoms with Crippen LogP contribution in [0.2, 0.25) is 0 Å². The number of allylic oxidation sites excluding steroid dienone is 1. The van der Waals surface area contributed by atoms with E-state index in [-0.39, 0.29) is 17.8 Å². The Morgan fingerprint density at radius 1 is 1.33 bits per heavy atom. The van der Waals surface area contributed by atoms with Gasteiger partial charge in [-0.2, -0.15) is 13.2 Å². The minimum absolute atomic E-state index is 0.139. The zero-order chi connectivity index (χ0) is 13.3. The number of halogens is 3. The number of ether oxygens (including phenoxy) is 1. The summed E-state index contributed by atoms with van der Waals surface area (Å²) in [4.78, 5) is 25.4. The molecule has 0 fully saturated rings. The van der Waals surface area contributed by atoms with E-state index in [0.717, 1.165) is 0 Å². The normalized spacial score (nSPS) is 14.3. The van der Waals surface area contributed by atoms with Gasteiger partial charge in [-0.25, -0.2) is 9.78 Å². The van der Waals surface area contributed by atoms with Crippen LogP contribution in [0.5, 0.6) is 5.88 Å². The fraction of sp³-hybridized carbons (Fsp3) is 0.182. The summed E-state index contributed by atoms with van der Waals surface area (Å²) < 4.78 is 40.3. The standard InChI is InChI=1S/C11H6F3NO3/c12-11(13,14)10(17)18-9-8-5-7(16)2-1-6(8)3-4-15-9/h1-4H,5H2. The molecule has 4 nitrogen and oxygen atoms in total. The minimum atomic E-state index is -5.10. The second-order valence-corrected chi connectivity index (χ2v) is 3.55. The lowest BCUT2D eigenvalue weighted by Crippen LogP contribution is -2.29. The van der Waals surface area contributed by atoms with Gasteiger partial charge in [-0.1, -0.05) is 6.08 Å². The van der Waals surface area contributed by atoms with Crippen LogP contribution in [0.15, 0.2) is 18.3 Å². The second kappa shape index (κ2) is 4.25. The summed E-state index contributed by atoms with van der Waals surface area (Å²) in [6.07, 6.45) is -1.29. The summed E-state index contributed by atoms with van der Waals surface area (Å²) in [5.74, 6) is -3.13. The average Bonchev–Trinajstić information content (AvgIpc) is 2.28. The van der Waals surface area contributed by atoms with E-state index in [9.17, 15) is 22.8 Å². The maximum absolute atomic E-state index is 12.1. The molecule has 0 aliphatic heterocycles. The first-order valence-corrected chi connectivity index (χ1v) is 4.86. The Balaban J connectivity index is 2.33. The number of esters is 1. The van der Waals surface area contributed by atoms with Crippen LogP contribution in [0.4, 0.5) is 13.2 Å². The highest BCUT2D eigenvalue weighted by molar-refractivity contribution is 5.99. The topological polar surface area (TPSA) is 56.3 Å². The van der Waals surface area contributed by atoms with Crippen LogP contribution in [0, 0.1) is 0 Å². The predicted octanol–water partition coefficient (Wildman–Crippen LogP) is 1.69. The molecule has 0 aromatic carbocycles. The van der Waals surface area contributed by atoms with E-state index in [4.69, 9.17) is 0 Å². The van der Waals surface area contributed by atoms with E-state index in [1.54, 1.807) is 0 Å². The largest absolute Gasteiger partial charge is 0.491 e. The number of alkyl halides is 3. The van der Waals surface area contributed by atoms with Crippen LogP contribution in [0.3, 0.4) is 0 Å². The zero-order valence-corrected chi connectivity index (χ0v) is 8.82. The maximum Gasteiger partial charge on any atom is 0.491 e. The lowest BCUT2D eigenvalue weighted by atomic mass is 9.98. The first-order valence-electron chi connectivity index (χ1n) is 4.86. The van der Waals surface area contributed by atoms with E-state index in [1.807, 2.05) is 0 Å². The summed E-state index contributed by atoms with van der Waals surface area (Å²) in [6, 6.07) is 1.52. The summed E-state index contributed by atoms with van der Waals surface area (Å²) in [5.41, 5.74) is 0.692. The van der Waals surface area contributed by atoms with E-state index in [0.29, 0.717) is 5.56 Å². The molecule has 1 heterocycles. The Bertz CT molecular complexity index is 549. The van der Waals surface area contributed by atoms with E-state index >= 15 is 0 Å². The van der Waals surface area contributed by atoms with Gasteiger partial charge < -0.3 is 4.74 Å². The van der Waals surface area contributed by atoms with Crippen molar-refractivity contribution in [1.29, 1.82) is 0 Å². The summed E-state index contributed by atoms with van der Waals surface area (Å²) in [7, 11) is 0. The van der Waals surface area contributed by atoms with Gasteiger partial charge in [0.1, 0.15) is 0 Å². The van der Waals surface area contributed by atoms with Crippen molar-refractivity contribution in [2.24, 2.45) is 0 Å². The monoisotopic (exact) mass is 257 g/mol. The number of pyridine rings is 1. The van der Waals surface area contributed by atoms with Gasteiger partial charge in [-0.15, -0.1) is 0 Å². The van der Waals surface area contributed by atoms with Crippen LogP contribution in [0.25, 0.3) is 6.08 Å². The molecule has 2 rings (SSSR count). The molecule has 0 unspecified atom stereocenters. The molecule has 0 saturated heterocycles. The van der Waals surface area contributed by atoms with Crippen LogP contribution < -0.4 is 4.74 Å². The van der Waals surface area contributed by atoms with Crippen molar-refractivity contribution in [3.63, 3.8) is 0 Å². The van der Waals surface area contributed by atoms with Gasteiger partial charge in [0.25, 0.3) is 0 Å². The SMILES string of the molecule is O=C1C=Cc2ccnc(OC(=O)C(F)(F)F)c2C1. The molecule has 1 aliphatic rings. The molecule has 1 aliphatic carbocycles. The third-order valence-corrected chi connectivity index (χ3v) is 2.27. The molecule has 0 atom stereocenters. The van der Waals surface area contributed by atoms with Crippen molar-refractivity contribution in [3.05, 3.63) is 29.5 Å². The van der Waals surface area contributed by atoms with Gasteiger partial charge in [-0.3, -0.25) is 4.79 Å². The van der Waals surface area contributed by atoms with Crippen LogP contribution in [-0.4, -0.2) is 22.9 Å². The Labute approximate surface area is 99.1 Å². The van der Waals surface area contributed by atoms with E-state index in [1.165, 1.54) is 24.4 Å². The molecular weight excluding hydrogens is 251 g/mol. The van der Waals surface area contributed by atoms with Crippen molar-refractivity contribution in [3.8, 4) is 5.88 Å². The molecule has 0 radical (unpaired) electrons. The highest BCUT2D eigenvalue weighted by atomic mass is 19.4. The van der Waals surface area contributed by atoms with Gasteiger partial charge in [0, 0.05) is 18.2 Å². The van der Waals surface area contributed by atoms with Crippen molar-refractivity contribution < 1.29 is 27.5 Å². The summed E-state index contributed by atoms with van der Waals surface area (Å²) in [5, 5.41) is 0. The van der Waals surface area contributed by atoms with Crippen LogP contribution >= 0.6 is 0 Å². The van der Waals surface area contributed by atoms with Crippen LogP contribution in [0.1, 0.15) is 11.1 Å². The Morgan fingerprint density at radius 2 is 2.06 bits per heavy atom. The summed E-state index contributed by atoms with van der Waals surface area (Å²) in [6.45, 7) is 0. The van der Waals surface area contributed by atoms with Gasteiger partial charge >= 0.3 is 12.1 Å². The van der Waals surface area contributed by atoms with Crippen molar-refractivity contribution in [2.45, 2.75) is 12.6 Å². The quantitative estimate of drug-likeness (QED) is 0.718. The molecule has 0 bridgehead atoms. The predicted molar refractivity (Wildman–Crippen MR) is 53.7 cm³/mol.